The van der Waals surface area contributed by atoms with Crippen molar-refractivity contribution in [2.45, 2.75) is 23.8 Å². The summed E-state index contributed by atoms with van der Waals surface area (Å²) < 4.78 is 16.4. The fraction of sp³-hybridized carbons (Fsp3) is 0.100. The minimum atomic E-state index is -0.277. The molecule has 28 heavy (non-hydrogen) atoms. The molecule has 2 aromatic heterocycles. The Morgan fingerprint density at radius 2 is 1.79 bits per heavy atom. The summed E-state index contributed by atoms with van der Waals surface area (Å²) >= 11 is 14.0. The van der Waals surface area contributed by atoms with E-state index in [1.54, 1.807) is 48.0 Å². The van der Waals surface area contributed by atoms with Gasteiger partial charge in [-0.2, -0.15) is 0 Å². The molecule has 0 fully saturated rings. The first-order valence-corrected chi connectivity index (χ1v) is 9.93. The normalized spacial score (nSPS) is 11.3. The van der Waals surface area contributed by atoms with Gasteiger partial charge >= 0.3 is 0 Å². The van der Waals surface area contributed by atoms with Gasteiger partial charge in [-0.3, -0.25) is 4.79 Å². The van der Waals surface area contributed by atoms with Crippen molar-refractivity contribution in [3.63, 3.8) is 0 Å². The number of hydrogen-bond acceptors (Lipinski definition) is 3. The van der Waals surface area contributed by atoms with Crippen LogP contribution in [0.3, 0.4) is 0 Å². The summed E-state index contributed by atoms with van der Waals surface area (Å²) in [6.07, 6.45) is 1.75. The van der Waals surface area contributed by atoms with Crippen LogP contribution in [-0.2, 0) is 0 Å². The smallest absolute Gasteiger partial charge is 0.267 e. The van der Waals surface area contributed by atoms with Crippen molar-refractivity contribution in [1.82, 2.24) is 14.2 Å². The summed E-state index contributed by atoms with van der Waals surface area (Å²) in [7, 11) is 0. The molecule has 0 N–H and O–H groups in total. The first-order valence-electron chi connectivity index (χ1n) is 8.36. The van der Waals surface area contributed by atoms with Crippen molar-refractivity contribution in [1.29, 1.82) is 0 Å². The average Bonchev–Trinajstić information content (AvgIpc) is 2.89. The van der Waals surface area contributed by atoms with Crippen LogP contribution in [0.4, 0.5) is 4.39 Å². The van der Waals surface area contributed by atoms with E-state index in [0.29, 0.717) is 32.0 Å². The molecule has 0 aliphatic rings. The van der Waals surface area contributed by atoms with E-state index in [9.17, 15) is 9.18 Å². The predicted molar refractivity (Wildman–Crippen MR) is 111 cm³/mol. The molecule has 2 heterocycles. The molecular weight excluding hydrogens is 420 g/mol. The van der Waals surface area contributed by atoms with E-state index in [4.69, 9.17) is 23.2 Å². The molecular formula is C20H14Cl2FN3OS. The van der Waals surface area contributed by atoms with Crippen molar-refractivity contribution in [2.24, 2.45) is 0 Å². The zero-order valence-corrected chi connectivity index (χ0v) is 17.2. The van der Waals surface area contributed by atoms with Gasteiger partial charge in [-0.05, 0) is 55.8 Å². The molecule has 4 rings (SSSR count). The van der Waals surface area contributed by atoms with Gasteiger partial charge < -0.3 is 0 Å². The number of para-hydroxylation sites is 1. The Bertz CT molecular complexity index is 1260. The van der Waals surface area contributed by atoms with Gasteiger partial charge in [0.1, 0.15) is 16.5 Å². The molecule has 4 nitrogen and oxygen atoms in total. The van der Waals surface area contributed by atoms with Crippen molar-refractivity contribution < 1.29 is 4.39 Å². The van der Waals surface area contributed by atoms with Crippen LogP contribution in [-0.4, -0.2) is 14.2 Å². The summed E-state index contributed by atoms with van der Waals surface area (Å²) in [5.41, 5.74) is 1.97. The molecule has 4 aromatic rings. The van der Waals surface area contributed by atoms with Gasteiger partial charge in [0.2, 0.25) is 0 Å². The highest BCUT2D eigenvalue weighted by Crippen LogP contribution is 2.31. The molecule has 8 heteroatoms. The highest BCUT2D eigenvalue weighted by atomic mass is 35.5. The minimum absolute atomic E-state index is 0.248. The summed E-state index contributed by atoms with van der Waals surface area (Å²) in [5, 5.41) is 1.43. The Morgan fingerprint density at radius 3 is 2.46 bits per heavy atom. The van der Waals surface area contributed by atoms with E-state index in [1.807, 2.05) is 6.92 Å². The van der Waals surface area contributed by atoms with Crippen molar-refractivity contribution in [2.75, 3.05) is 0 Å². The summed E-state index contributed by atoms with van der Waals surface area (Å²) in [5.74, 6) is -0.277. The van der Waals surface area contributed by atoms with Gasteiger partial charge in [-0.1, -0.05) is 41.0 Å². The first-order chi connectivity index (χ1) is 13.4. The molecule has 2 aromatic carbocycles. The van der Waals surface area contributed by atoms with Gasteiger partial charge in [0.05, 0.1) is 15.6 Å². The lowest BCUT2D eigenvalue weighted by Crippen LogP contribution is -2.19. The van der Waals surface area contributed by atoms with E-state index < -0.39 is 0 Å². The van der Waals surface area contributed by atoms with E-state index in [2.05, 4.69) is 4.98 Å². The molecule has 0 aliphatic carbocycles. The Balaban J connectivity index is 1.86. The van der Waals surface area contributed by atoms with Crippen LogP contribution >= 0.6 is 35.0 Å². The van der Waals surface area contributed by atoms with Crippen LogP contribution in [0, 0.1) is 19.7 Å². The fourth-order valence-corrected chi connectivity index (χ4v) is 4.36. The highest BCUT2D eigenvalue weighted by Gasteiger charge is 2.18. The van der Waals surface area contributed by atoms with Crippen LogP contribution in [0.1, 0.15) is 11.1 Å². The number of hydrogen-bond donors (Lipinski definition) is 0. The lowest BCUT2D eigenvalue weighted by Gasteiger charge is -2.10. The second-order valence-corrected chi connectivity index (χ2v) is 8.13. The minimum Gasteiger partial charge on any atom is -0.267 e. The number of fused-ring (bicyclic) bond motifs is 1. The molecule has 0 bridgehead atoms. The van der Waals surface area contributed by atoms with E-state index in [-0.39, 0.29) is 11.4 Å². The van der Waals surface area contributed by atoms with Crippen molar-refractivity contribution in [3.8, 4) is 5.69 Å². The average molecular weight is 434 g/mol. The Hall–Kier alpha value is -2.28. The lowest BCUT2D eigenvalue weighted by atomic mass is 10.2. The number of halogens is 3. The maximum atomic E-state index is 13.3. The van der Waals surface area contributed by atoms with Crippen LogP contribution in [0.25, 0.3) is 11.3 Å². The molecule has 0 spiro atoms. The number of rotatable bonds is 3. The van der Waals surface area contributed by atoms with Gasteiger partial charge in [0.25, 0.3) is 5.56 Å². The zero-order chi connectivity index (χ0) is 20.0. The molecule has 0 radical (unpaired) electrons. The second kappa shape index (κ2) is 7.28. The third-order valence-electron chi connectivity index (χ3n) is 4.36. The number of aryl methyl sites for hydroxylation is 2. The number of benzene rings is 2. The zero-order valence-electron chi connectivity index (χ0n) is 14.9. The van der Waals surface area contributed by atoms with Gasteiger partial charge in [-0.15, -0.1) is 0 Å². The predicted octanol–water partition coefficient (Wildman–Crippen LogP) is 5.70. The van der Waals surface area contributed by atoms with Gasteiger partial charge in [0, 0.05) is 11.1 Å². The van der Waals surface area contributed by atoms with Crippen molar-refractivity contribution in [3.05, 3.63) is 86.0 Å². The summed E-state index contributed by atoms with van der Waals surface area (Å²) in [4.78, 5) is 18.4. The standard InChI is InChI=1S/C20H14Cl2FN3OS/c1-11-10-13(23)6-7-16(11)28-17-8-9-25-19(24-17)12(2)20(27)26(25)18-14(21)4-3-5-15(18)22/h3-10H,1-2H3. The number of aromatic nitrogens is 3. The molecule has 0 atom stereocenters. The first kappa shape index (κ1) is 19.1. The quantitative estimate of drug-likeness (QED) is 0.389. The van der Waals surface area contributed by atoms with Crippen LogP contribution in [0.15, 0.2) is 63.4 Å². The Morgan fingerprint density at radius 1 is 1.07 bits per heavy atom. The van der Waals surface area contributed by atoms with Gasteiger partial charge in [-0.25, -0.2) is 18.6 Å². The third kappa shape index (κ3) is 3.21. The monoisotopic (exact) mass is 433 g/mol. The Kier molecular flexibility index (Phi) is 4.95. The molecule has 0 unspecified atom stereocenters. The Labute approximate surface area is 174 Å². The molecule has 0 amide bonds. The SMILES string of the molecule is Cc1cc(F)ccc1Sc1ccn2c(n1)c(C)c(=O)n2-c1c(Cl)cccc1Cl. The molecule has 0 saturated carbocycles. The largest absolute Gasteiger partial charge is 0.277 e. The fourth-order valence-electron chi connectivity index (χ4n) is 2.96. The third-order valence-corrected chi connectivity index (χ3v) is 6.08. The summed E-state index contributed by atoms with van der Waals surface area (Å²) in [6, 6.07) is 11.5. The highest BCUT2D eigenvalue weighted by molar-refractivity contribution is 7.99. The topological polar surface area (TPSA) is 39.3 Å². The molecule has 0 aliphatic heterocycles. The molecule has 0 saturated heterocycles. The van der Waals surface area contributed by atoms with E-state index in [1.165, 1.54) is 28.6 Å². The lowest BCUT2D eigenvalue weighted by molar-refractivity contribution is 0.625. The van der Waals surface area contributed by atoms with E-state index >= 15 is 0 Å². The molecule has 142 valence electrons. The van der Waals surface area contributed by atoms with Crippen LogP contribution in [0.2, 0.25) is 10.0 Å². The maximum absolute atomic E-state index is 13.3. The van der Waals surface area contributed by atoms with Crippen LogP contribution < -0.4 is 5.56 Å². The van der Waals surface area contributed by atoms with Crippen LogP contribution in [0.5, 0.6) is 0 Å². The second-order valence-electron chi connectivity index (χ2n) is 6.26. The number of nitrogens with zero attached hydrogens (tertiary/aromatic N) is 3. The van der Waals surface area contributed by atoms with Crippen molar-refractivity contribution >= 4 is 40.6 Å². The van der Waals surface area contributed by atoms with Gasteiger partial charge in [0.15, 0.2) is 5.65 Å². The maximum Gasteiger partial charge on any atom is 0.277 e. The summed E-state index contributed by atoms with van der Waals surface area (Å²) in [6.45, 7) is 3.55. The van der Waals surface area contributed by atoms with E-state index in [0.717, 1.165) is 10.5 Å².